The number of hydrogen-bond acceptors (Lipinski definition) is 16. The van der Waals surface area contributed by atoms with E-state index in [0.717, 1.165) is 146 Å². The fourth-order valence-electron chi connectivity index (χ4n) is 13.5. The Morgan fingerprint density at radius 3 is 1.32 bits per heavy atom. The van der Waals surface area contributed by atoms with E-state index in [1.807, 2.05) is 89.7 Å². The summed E-state index contributed by atoms with van der Waals surface area (Å²) in [4.78, 5) is 30.5. The summed E-state index contributed by atoms with van der Waals surface area (Å²) in [5.74, 6) is 3.49. The molecule has 0 radical (unpaired) electrons. The van der Waals surface area contributed by atoms with Crippen molar-refractivity contribution in [3.8, 4) is 50.8 Å². The lowest BCUT2D eigenvalue weighted by molar-refractivity contribution is 0.00506. The fourth-order valence-corrected chi connectivity index (χ4v) is 13.5. The lowest BCUT2D eigenvalue weighted by atomic mass is 9.96. The van der Waals surface area contributed by atoms with Gasteiger partial charge in [0.2, 0.25) is 17.8 Å². The van der Waals surface area contributed by atoms with Crippen LogP contribution in [0.5, 0.6) is 17.2 Å². The molecule has 2 fully saturated rings. The fraction of sp³-hybridized carbons (Fsp3) is 0.301. The zero-order valence-corrected chi connectivity index (χ0v) is 54.3. The minimum atomic E-state index is -0.234. The number of morpholine rings is 1. The molecule has 2 atom stereocenters. The Bertz CT molecular complexity index is 4910. The Morgan fingerprint density at radius 2 is 0.927 bits per heavy atom. The van der Waals surface area contributed by atoms with E-state index >= 15 is 0 Å². The van der Waals surface area contributed by atoms with Crippen LogP contribution >= 0.6 is 0 Å². The molecule has 0 spiro atoms. The van der Waals surface area contributed by atoms with Gasteiger partial charge in [0.1, 0.15) is 46.0 Å². The molecule has 17 rings (SSSR count). The molecule has 96 heavy (non-hydrogen) atoms. The molecule has 5 aliphatic heterocycles. The summed E-state index contributed by atoms with van der Waals surface area (Å²) in [5.41, 5.74) is 19.1. The standard InChI is InChI=1S/C27H28FN5O2.C25H24FN5O.C21H21FN6O/c1-17-15-33-26(31-17)21(18-3-5-19(6-4-18)24-16-34-12-10-32(24)2)13-29-27(33)30-14-22-20-9-11-35-25(20)8-7-23(22)28;1-15-14-31-24(30-15)19(16-2-4-17(5-3-16)22-8-10-27-22)12-28-25(31)29-13-20-18-9-11-32-23(18)7-6-21(20)26;1-12-8-18(27(3)26-12)16-10-24-21(28-11-13(2)25-20(16)28)23-9-15-14-6-7-29-19(14)5-4-17(15)22/h3-8,13,15,24H,9-12,14,16H2,1-2H3,(H,29,30);2-7,12,14,22,27H,8-11,13H2,1H3,(H,28,29);4-5,8,10-11H,6-7,9H2,1-3H3,(H,23,24). The first-order valence-corrected chi connectivity index (χ1v) is 32.5. The van der Waals surface area contributed by atoms with E-state index in [0.29, 0.717) is 86.6 Å². The first-order valence-electron chi connectivity index (χ1n) is 32.5. The zero-order valence-electron chi connectivity index (χ0n) is 54.3. The number of nitrogens with zero attached hydrogens (tertiary/aromatic N) is 12. The molecular formula is C73H73F3N16O4. The number of aryl methyl sites for hydroxylation is 5. The van der Waals surface area contributed by atoms with Gasteiger partial charge in [-0.2, -0.15) is 5.10 Å². The van der Waals surface area contributed by atoms with E-state index in [9.17, 15) is 13.2 Å². The topological polar surface area (TPSA) is 197 Å². The minimum Gasteiger partial charge on any atom is -0.493 e. The van der Waals surface area contributed by atoms with Crippen LogP contribution in [0.1, 0.15) is 85.8 Å². The second-order valence-corrected chi connectivity index (χ2v) is 25.0. The lowest BCUT2D eigenvalue weighted by Gasteiger charge is -2.32. The van der Waals surface area contributed by atoms with Crippen LogP contribution in [0.2, 0.25) is 0 Å². The van der Waals surface area contributed by atoms with Gasteiger partial charge in [0.25, 0.3) is 0 Å². The van der Waals surface area contributed by atoms with Crippen LogP contribution in [-0.4, -0.2) is 111 Å². The monoisotopic (exact) mass is 1290 g/mol. The van der Waals surface area contributed by atoms with E-state index in [-0.39, 0.29) is 23.5 Å². The maximum Gasteiger partial charge on any atom is 0.208 e. The Morgan fingerprint density at radius 1 is 0.510 bits per heavy atom. The average Bonchev–Trinajstić information content (AvgIpc) is 1.58. The molecule has 490 valence electrons. The molecule has 0 saturated carbocycles. The number of benzene rings is 5. The number of hydrogen-bond donors (Lipinski definition) is 4. The first kappa shape index (κ1) is 61.8. The van der Waals surface area contributed by atoms with E-state index in [2.05, 4.69) is 107 Å². The van der Waals surface area contributed by atoms with Gasteiger partial charge in [-0.15, -0.1) is 0 Å². The van der Waals surface area contributed by atoms with E-state index in [1.165, 1.54) is 35.7 Å². The van der Waals surface area contributed by atoms with Crippen molar-refractivity contribution in [3.63, 3.8) is 0 Å². The quantitative estimate of drug-likeness (QED) is 0.0801. The summed E-state index contributed by atoms with van der Waals surface area (Å²) in [5, 5.41) is 17.8. The van der Waals surface area contributed by atoms with E-state index in [1.54, 1.807) is 24.4 Å². The summed E-state index contributed by atoms with van der Waals surface area (Å²) in [6.45, 7) is 14.1. The van der Waals surface area contributed by atoms with Crippen LogP contribution in [0.25, 0.3) is 50.5 Å². The summed E-state index contributed by atoms with van der Waals surface area (Å²) in [6.07, 6.45) is 14.6. The Balaban J connectivity index is 0.000000119. The Kier molecular flexibility index (Phi) is 16.8. The van der Waals surface area contributed by atoms with Gasteiger partial charge in [-0.25, -0.2) is 43.1 Å². The minimum absolute atomic E-state index is 0.225. The third kappa shape index (κ3) is 12.1. The highest BCUT2D eigenvalue weighted by molar-refractivity contribution is 5.80. The van der Waals surface area contributed by atoms with Crippen molar-refractivity contribution in [3.05, 3.63) is 213 Å². The molecule has 20 nitrogen and oxygen atoms in total. The van der Waals surface area contributed by atoms with Gasteiger partial charge in [0.05, 0.1) is 73.1 Å². The summed E-state index contributed by atoms with van der Waals surface area (Å²) < 4.78 is 73.6. The number of aromatic nitrogens is 11. The molecule has 2 saturated heterocycles. The number of imidazole rings is 3. The van der Waals surface area contributed by atoms with Crippen molar-refractivity contribution >= 4 is 34.8 Å². The molecule has 23 heteroatoms. The van der Waals surface area contributed by atoms with Crippen LogP contribution in [0, 0.1) is 45.1 Å². The van der Waals surface area contributed by atoms with E-state index in [4.69, 9.17) is 28.9 Å². The number of nitrogens with one attached hydrogen (secondary N) is 4. The number of fused-ring (bicyclic) bond motifs is 6. The summed E-state index contributed by atoms with van der Waals surface area (Å²) >= 11 is 0. The lowest BCUT2D eigenvalue weighted by Crippen LogP contribution is -2.36. The van der Waals surface area contributed by atoms with Crippen LogP contribution < -0.4 is 35.5 Å². The normalized spacial score (nSPS) is 16.2. The molecule has 2 unspecified atom stereocenters. The molecule has 12 aromatic rings. The molecule has 0 bridgehead atoms. The zero-order chi connectivity index (χ0) is 65.7. The maximum absolute atomic E-state index is 14.6. The molecular weight excluding hydrogens is 1220 g/mol. The van der Waals surface area contributed by atoms with Crippen molar-refractivity contribution in [1.82, 2.24) is 63.1 Å². The highest BCUT2D eigenvalue weighted by Crippen LogP contribution is 2.37. The van der Waals surface area contributed by atoms with Gasteiger partial charge in [-0.05, 0) is 112 Å². The number of rotatable bonds is 14. The van der Waals surface area contributed by atoms with Crippen LogP contribution in [0.3, 0.4) is 0 Å². The molecule has 0 aliphatic carbocycles. The Labute approximate surface area is 552 Å². The molecule has 12 heterocycles. The van der Waals surface area contributed by atoms with Crippen LogP contribution in [-0.2, 0) is 50.7 Å². The van der Waals surface area contributed by atoms with Gasteiger partial charge in [0, 0.05) is 140 Å². The van der Waals surface area contributed by atoms with Crippen molar-refractivity contribution in [2.75, 3.05) is 69.1 Å². The average molecular weight is 1300 g/mol. The smallest absolute Gasteiger partial charge is 0.208 e. The molecule has 5 aliphatic rings. The second kappa shape index (κ2) is 26.1. The number of halogens is 3. The number of likely N-dealkylation sites (N-methyl/N-ethyl adjacent to an activating group) is 1. The maximum atomic E-state index is 14.6. The largest absolute Gasteiger partial charge is 0.493 e. The van der Waals surface area contributed by atoms with Crippen LogP contribution in [0.15, 0.2) is 128 Å². The second-order valence-electron chi connectivity index (χ2n) is 25.0. The molecule has 7 aromatic heterocycles. The SMILES string of the molecule is Cc1cn2c(NCc3c(F)ccc4c3CCO4)ncc(-c3cc(C)nn3C)c2n1.Cc1cn2c(NCc3c(F)ccc4c3CCO4)ncc(-c3ccc(C4CCN4)cc3)c2n1.Cc1cn2c(NCc3c(F)ccc4c3CCO4)ncc(-c3ccc(C4COCCN4C)cc3)c2n1. The third-order valence-corrected chi connectivity index (χ3v) is 18.7. The van der Waals surface area contributed by atoms with Gasteiger partial charge in [0.15, 0.2) is 5.65 Å². The van der Waals surface area contributed by atoms with E-state index < -0.39 is 0 Å². The highest BCUT2D eigenvalue weighted by atomic mass is 19.1. The number of ether oxygens (including phenoxy) is 4. The molecule has 4 N–H and O–H groups in total. The molecule has 0 amide bonds. The predicted molar refractivity (Wildman–Crippen MR) is 361 cm³/mol. The number of anilines is 3. The first-order chi connectivity index (χ1) is 46.8. The predicted octanol–water partition coefficient (Wildman–Crippen LogP) is 12.3. The highest BCUT2D eigenvalue weighted by Gasteiger charge is 2.27. The summed E-state index contributed by atoms with van der Waals surface area (Å²) in [7, 11) is 4.04. The van der Waals surface area contributed by atoms with Gasteiger partial charge >= 0.3 is 0 Å². The van der Waals surface area contributed by atoms with Crippen LogP contribution in [0.4, 0.5) is 31.0 Å². The molecule has 5 aromatic carbocycles. The van der Waals surface area contributed by atoms with Crippen molar-refractivity contribution in [2.24, 2.45) is 7.05 Å². The van der Waals surface area contributed by atoms with Gasteiger partial charge < -0.3 is 40.2 Å². The Hall–Kier alpha value is -10.4. The van der Waals surface area contributed by atoms with Crippen molar-refractivity contribution in [2.45, 2.75) is 85.1 Å². The van der Waals surface area contributed by atoms with Gasteiger partial charge in [-0.1, -0.05) is 48.5 Å². The van der Waals surface area contributed by atoms with Gasteiger partial charge in [-0.3, -0.25) is 22.8 Å². The third-order valence-electron chi connectivity index (χ3n) is 18.7. The van der Waals surface area contributed by atoms with Crippen molar-refractivity contribution < 1.29 is 32.1 Å². The van der Waals surface area contributed by atoms with Crippen molar-refractivity contribution in [1.29, 1.82) is 0 Å². The summed E-state index contributed by atoms with van der Waals surface area (Å²) in [6, 6.07) is 29.4.